The molecule has 9 nitrogen and oxygen atoms in total. The van der Waals surface area contributed by atoms with Gasteiger partial charge in [0.05, 0.1) is 5.56 Å². The van der Waals surface area contributed by atoms with Crippen molar-refractivity contribution in [3.8, 4) is 11.9 Å². The van der Waals surface area contributed by atoms with Crippen molar-refractivity contribution in [3.63, 3.8) is 0 Å². The SMILES string of the molecule is N#Cc1cc2c(nc1N1CCC(Cn3nc(-n4cncn4)ccc3=O)CC1)CCC2. The van der Waals surface area contributed by atoms with E-state index in [-0.39, 0.29) is 5.56 Å². The summed E-state index contributed by atoms with van der Waals surface area (Å²) in [6, 6.07) is 7.52. The van der Waals surface area contributed by atoms with Crippen molar-refractivity contribution >= 4 is 5.82 Å². The van der Waals surface area contributed by atoms with Gasteiger partial charge in [0.2, 0.25) is 0 Å². The molecule has 4 heterocycles. The van der Waals surface area contributed by atoms with E-state index in [9.17, 15) is 10.1 Å². The van der Waals surface area contributed by atoms with Gasteiger partial charge in [0.15, 0.2) is 5.82 Å². The fourth-order valence-corrected chi connectivity index (χ4v) is 4.37. The molecule has 0 atom stereocenters. The molecule has 0 saturated carbocycles. The highest BCUT2D eigenvalue weighted by Gasteiger charge is 2.25. The molecule has 0 radical (unpaired) electrons. The third-order valence-electron chi connectivity index (χ3n) is 6.00. The van der Waals surface area contributed by atoms with Crippen molar-refractivity contribution < 1.29 is 0 Å². The first-order valence-electron chi connectivity index (χ1n) is 10.3. The molecule has 0 aromatic carbocycles. The minimum absolute atomic E-state index is 0.117. The Labute approximate surface area is 173 Å². The van der Waals surface area contributed by atoms with E-state index in [4.69, 9.17) is 4.98 Å². The highest BCUT2D eigenvalue weighted by atomic mass is 16.1. The highest BCUT2D eigenvalue weighted by molar-refractivity contribution is 5.57. The summed E-state index contributed by atoms with van der Waals surface area (Å²) in [4.78, 5) is 23.3. The molecule has 2 aliphatic rings. The van der Waals surface area contributed by atoms with Crippen molar-refractivity contribution in [2.24, 2.45) is 5.92 Å². The Kier molecular flexibility index (Phi) is 4.75. The van der Waals surface area contributed by atoms with E-state index in [0.29, 0.717) is 23.8 Å². The fraction of sp³-hybridized carbons (Fsp3) is 0.429. The van der Waals surface area contributed by atoms with Crippen LogP contribution in [0.25, 0.3) is 5.82 Å². The van der Waals surface area contributed by atoms with Crippen LogP contribution in [0.4, 0.5) is 5.82 Å². The Balaban J connectivity index is 1.29. The summed E-state index contributed by atoms with van der Waals surface area (Å²) in [5.41, 5.74) is 2.93. The summed E-state index contributed by atoms with van der Waals surface area (Å²) in [5, 5.41) is 18.1. The molecule has 0 amide bonds. The zero-order valence-electron chi connectivity index (χ0n) is 16.6. The van der Waals surface area contributed by atoms with Gasteiger partial charge in [0, 0.05) is 31.4 Å². The number of fused-ring (bicyclic) bond motifs is 1. The maximum Gasteiger partial charge on any atom is 0.266 e. The molecular formula is C21H22N8O. The second-order valence-electron chi connectivity index (χ2n) is 7.91. The van der Waals surface area contributed by atoms with Gasteiger partial charge in [-0.05, 0) is 55.7 Å². The van der Waals surface area contributed by atoms with Gasteiger partial charge in [-0.15, -0.1) is 5.10 Å². The van der Waals surface area contributed by atoms with Crippen LogP contribution < -0.4 is 10.5 Å². The largest absolute Gasteiger partial charge is 0.355 e. The molecule has 0 spiro atoms. The predicted molar refractivity (Wildman–Crippen MR) is 109 cm³/mol. The number of piperidine rings is 1. The van der Waals surface area contributed by atoms with Crippen molar-refractivity contribution in [1.29, 1.82) is 5.26 Å². The van der Waals surface area contributed by atoms with E-state index in [1.165, 1.54) is 22.6 Å². The van der Waals surface area contributed by atoms with Gasteiger partial charge >= 0.3 is 0 Å². The number of aromatic nitrogens is 6. The van der Waals surface area contributed by atoms with Gasteiger partial charge in [0.25, 0.3) is 5.56 Å². The van der Waals surface area contributed by atoms with Crippen LogP contribution in [0, 0.1) is 17.2 Å². The molecule has 1 fully saturated rings. The topological polar surface area (TPSA) is 106 Å². The zero-order chi connectivity index (χ0) is 20.5. The number of nitriles is 1. The van der Waals surface area contributed by atoms with Gasteiger partial charge in [0.1, 0.15) is 24.5 Å². The molecule has 1 aliphatic carbocycles. The second-order valence-corrected chi connectivity index (χ2v) is 7.91. The number of hydrogen-bond acceptors (Lipinski definition) is 7. The van der Waals surface area contributed by atoms with Crippen LogP contribution in [0.5, 0.6) is 0 Å². The standard InChI is InChI=1S/C21H22N8O/c22-11-17-10-16-2-1-3-18(16)25-21(17)27-8-6-15(7-9-27)12-28-20(30)5-4-19(26-28)29-14-23-13-24-29/h4-5,10,13-15H,1-3,6-9,12H2. The number of rotatable bonds is 4. The summed E-state index contributed by atoms with van der Waals surface area (Å²) in [7, 11) is 0. The summed E-state index contributed by atoms with van der Waals surface area (Å²) >= 11 is 0. The van der Waals surface area contributed by atoms with E-state index in [1.807, 2.05) is 6.07 Å². The monoisotopic (exact) mass is 402 g/mol. The van der Waals surface area contributed by atoms with Crippen molar-refractivity contribution in [2.75, 3.05) is 18.0 Å². The third-order valence-corrected chi connectivity index (χ3v) is 6.00. The van der Waals surface area contributed by atoms with Crippen LogP contribution in [0.3, 0.4) is 0 Å². The Morgan fingerprint density at radius 1 is 1.20 bits per heavy atom. The second kappa shape index (κ2) is 7.71. The van der Waals surface area contributed by atoms with Crippen LogP contribution in [-0.2, 0) is 19.4 Å². The van der Waals surface area contributed by atoms with Crippen molar-refractivity contribution in [3.05, 3.63) is 58.0 Å². The Bertz CT molecular complexity index is 1150. The Morgan fingerprint density at radius 2 is 2.07 bits per heavy atom. The van der Waals surface area contributed by atoms with Gasteiger partial charge < -0.3 is 4.90 Å². The maximum atomic E-state index is 12.3. The van der Waals surface area contributed by atoms with E-state index in [2.05, 4.69) is 26.2 Å². The molecular weight excluding hydrogens is 380 g/mol. The smallest absolute Gasteiger partial charge is 0.266 e. The predicted octanol–water partition coefficient (Wildman–Crippen LogP) is 1.50. The fourth-order valence-electron chi connectivity index (χ4n) is 4.37. The molecule has 30 heavy (non-hydrogen) atoms. The normalized spacial score (nSPS) is 16.4. The van der Waals surface area contributed by atoms with E-state index >= 15 is 0 Å². The molecule has 1 saturated heterocycles. The molecule has 0 N–H and O–H groups in total. The lowest BCUT2D eigenvalue weighted by Gasteiger charge is -2.33. The Hall–Kier alpha value is -3.54. The lowest BCUT2D eigenvalue weighted by Crippen LogP contribution is -2.37. The lowest BCUT2D eigenvalue weighted by molar-refractivity contribution is 0.333. The van der Waals surface area contributed by atoms with Crippen molar-refractivity contribution in [1.82, 2.24) is 29.5 Å². The maximum absolute atomic E-state index is 12.3. The molecule has 3 aromatic rings. The number of hydrogen-bond donors (Lipinski definition) is 0. The average molecular weight is 402 g/mol. The van der Waals surface area contributed by atoms with E-state index in [1.54, 1.807) is 17.1 Å². The van der Waals surface area contributed by atoms with Gasteiger partial charge in [-0.2, -0.15) is 10.4 Å². The number of aryl methyl sites for hydroxylation is 2. The van der Waals surface area contributed by atoms with Crippen LogP contribution in [0.15, 0.2) is 35.6 Å². The first-order valence-corrected chi connectivity index (χ1v) is 10.3. The average Bonchev–Trinajstić information content (AvgIpc) is 3.46. The first kappa shape index (κ1) is 18.5. The minimum Gasteiger partial charge on any atom is -0.355 e. The molecule has 0 bridgehead atoms. The molecule has 5 rings (SSSR count). The lowest BCUT2D eigenvalue weighted by atomic mass is 9.96. The summed E-state index contributed by atoms with van der Waals surface area (Å²) in [5.74, 6) is 1.74. The van der Waals surface area contributed by atoms with Gasteiger partial charge in [-0.1, -0.05) is 0 Å². The van der Waals surface area contributed by atoms with Gasteiger partial charge in [-0.25, -0.2) is 19.3 Å². The third kappa shape index (κ3) is 3.45. The molecule has 3 aromatic heterocycles. The van der Waals surface area contributed by atoms with Crippen LogP contribution in [0.1, 0.15) is 36.1 Å². The molecule has 9 heteroatoms. The number of pyridine rings is 1. The van der Waals surface area contributed by atoms with Crippen LogP contribution in [-0.4, -0.2) is 42.6 Å². The van der Waals surface area contributed by atoms with Crippen LogP contribution >= 0.6 is 0 Å². The summed E-state index contributed by atoms with van der Waals surface area (Å²) < 4.78 is 3.06. The van der Waals surface area contributed by atoms with Crippen molar-refractivity contribution in [2.45, 2.75) is 38.6 Å². The molecule has 0 unspecified atom stereocenters. The number of nitrogens with zero attached hydrogens (tertiary/aromatic N) is 8. The quantitative estimate of drug-likeness (QED) is 0.651. The minimum atomic E-state index is -0.117. The van der Waals surface area contributed by atoms with E-state index < -0.39 is 0 Å². The Morgan fingerprint density at radius 3 is 2.83 bits per heavy atom. The van der Waals surface area contributed by atoms with Gasteiger partial charge in [-0.3, -0.25) is 4.79 Å². The molecule has 1 aliphatic heterocycles. The zero-order valence-corrected chi connectivity index (χ0v) is 16.6. The number of anilines is 1. The highest BCUT2D eigenvalue weighted by Crippen LogP contribution is 2.30. The summed E-state index contributed by atoms with van der Waals surface area (Å²) in [6.07, 6.45) is 7.99. The summed E-state index contributed by atoms with van der Waals surface area (Å²) in [6.45, 7) is 2.21. The van der Waals surface area contributed by atoms with Crippen LogP contribution in [0.2, 0.25) is 0 Å². The van der Waals surface area contributed by atoms with E-state index in [0.717, 1.165) is 56.7 Å². The molecule has 152 valence electrons. The first-order chi connectivity index (χ1) is 14.7.